The topological polar surface area (TPSA) is 144 Å². The number of sulfone groups is 1. The van der Waals surface area contributed by atoms with E-state index in [1.54, 1.807) is 39.0 Å². The number of urea groups is 1. The molecule has 3 N–H and O–H groups in total. The third kappa shape index (κ3) is 7.76. The molecule has 196 valence electrons. The highest BCUT2D eigenvalue weighted by molar-refractivity contribution is 7.93. The van der Waals surface area contributed by atoms with Gasteiger partial charge in [-0.1, -0.05) is 35.8 Å². The van der Waals surface area contributed by atoms with E-state index in [0.717, 1.165) is 48.8 Å². The van der Waals surface area contributed by atoms with Crippen molar-refractivity contribution >= 4 is 49.9 Å². The molecule has 1 fully saturated rings. The van der Waals surface area contributed by atoms with E-state index in [4.69, 9.17) is 4.74 Å². The number of aryl methyl sites for hydroxylation is 1. The van der Waals surface area contributed by atoms with Gasteiger partial charge in [0, 0.05) is 18.0 Å². The molecule has 0 bridgehead atoms. The molecule has 3 amide bonds. The maximum absolute atomic E-state index is 13.0. The fourth-order valence-electron chi connectivity index (χ4n) is 3.79. The number of amides is 3. The van der Waals surface area contributed by atoms with Gasteiger partial charge >= 0.3 is 12.1 Å². The van der Waals surface area contributed by atoms with Crippen molar-refractivity contribution in [3.8, 4) is 0 Å². The van der Waals surface area contributed by atoms with Crippen molar-refractivity contribution in [3.63, 3.8) is 0 Å². The summed E-state index contributed by atoms with van der Waals surface area (Å²) in [6.45, 7) is 6.87. The zero-order chi connectivity index (χ0) is 26.5. The van der Waals surface area contributed by atoms with E-state index < -0.39 is 27.6 Å². The number of hydrogen-bond donors (Lipinski definition) is 3. The largest absolute Gasteiger partial charge is 0.444 e. The van der Waals surface area contributed by atoms with E-state index in [1.165, 1.54) is 0 Å². The number of ether oxygens (including phenoxy) is 1. The van der Waals surface area contributed by atoms with Gasteiger partial charge in [-0.3, -0.25) is 10.1 Å². The second kappa shape index (κ2) is 11.4. The third-order valence-corrected chi connectivity index (χ3v) is 8.64. The van der Waals surface area contributed by atoms with Gasteiger partial charge in [-0.15, -0.1) is 0 Å². The van der Waals surface area contributed by atoms with Crippen molar-refractivity contribution in [3.05, 3.63) is 35.5 Å². The van der Waals surface area contributed by atoms with Crippen LogP contribution in [-0.2, 0) is 14.6 Å². The summed E-state index contributed by atoms with van der Waals surface area (Å²) in [5.41, 5.74) is 1.09. The zero-order valence-electron chi connectivity index (χ0n) is 20.8. The van der Waals surface area contributed by atoms with Gasteiger partial charge in [0.1, 0.15) is 9.81 Å². The molecular weight excluding hydrogens is 504 g/mol. The van der Waals surface area contributed by atoms with E-state index in [1.807, 2.05) is 6.92 Å². The number of nitrogens with one attached hydrogen (secondary N) is 3. The van der Waals surface area contributed by atoms with Crippen LogP contribution in [0.5, 0.6) is 0 Å². The average Bonchev–Trinajstić information content (AvgIpc) is 3.46. The molecule has 36 heavy (non-hydrogen) atoms. The van der Waals surface area contributed by atoms with Crippen LogP contribution in [0.4, 0.5) is 20.4 Å². The molecule has 1 aromatic carbocycles. The number of anilines is 2. The number of benzene rings is 1. The Morgan fingerprint density at radius 2 is 1.83 bits per heavy atom. The quantitative estimate of drug-likeness (QED) is 0.412. The lowest BCUT2D eigenvalue weighted by Crippen LogP contribution is -2.35. The highest BCUT2D eigenvalue weighted by atomic mass is 32.2. The lowest BCUT2D eigenvalue weighted by atomic mass is 9.94. The van der Waals surface area contributed by atoms with Crippen molar-refractivity contribution in [2.45, 2.75) is 63.2 Å². The summed E-state index contributed by atoms with van der Waals surface area (Å²) in [4.78, 5) is 41.3. The van der Waals surface area contributed by atoms with Crippen LogP contribution in [-0.4, -0.2) is 49.2 Å². The first-order chi connectivity index (χ1) is 16.8. The summed E-state index contributed by atoms with van der Waals surface area (Å²) in [7, 11) is -3.74. The number of nitrogens with zero attached hydrogens (tertiary/aromatic N) is 1. The molecule has 0 aliphatic heterocycles. The smallest absolute Gasteiger partial charge is 0.407 e. The van der Waals surface area contributed by atoms with E-state index >= 15 is 0 Å². The van der Waals surface area contributed by atoms with Gasteiger partial charge in [0.05, 0.1) is 17.6 Å². The Morgan fingerprint density at radius 1 is 1.14 bits per heavy atom. The predicted molar refractivity (Wildman–Crippen MR) is 139 cm³/mol. The molecule has 1 saturated carbocycles. The molecule has 10 nitrogen and oxygen atoms in total. The fraction of sp³-hybridized carbons (Fsp3) is 0.500. The molecule has 3 rings (SSSR count). The summed E-state index contributed by atoms with van der Waals surface area (Å²) < 4.78 is 30.2. The first-order valence-electron chi connectivity index (χ1n) is 11.7. The Hall–Kier alpha value is -2.99. The monoisotopic (exact) mass is 536 g/mol. The van der Waals surface area contributed by atoms with Gasteiger partial charge in [-0.25, -0.2) is 23.0 Å². The third-order valence-electron chi connectivity index (χ3n) is 5.47. The molecule has 1 aliphatic rings. The SMILES string of the molecule is Cc1ccc(NC(=O)Nc2ncc(S(=O)(=O)CCNC(=O)OC(C)(C)C)s2)c(C(=O)C2CCCC2)c1. The number of carbonyl (C=O) groups excluding carboxylic acids is 3. The van der Waals surface area contributed by atoms with Crippen molar-refractivity contribution in [2.24, 2.45) is 5.92 Å². The second-order valence-corrected chi connectivity index (χ2v) is 13.1. The Bertz CT molecular complexity index is 1230. The number of thiazole rings is 1. The molecule has 0 unspecified atom stereocenters. The molecule has 1 aromatic heterocycles. The average molecular weight is 537 g/mol. The summed E-state index contributed by atoms with van der Waals surface area (Å²) >= 11 is 0.799. The zero-order valence-corrected chi connectivity index (χ0v) is 22.5. The van der Waals surface area contributed by atoms with Gasteiger partial charge in [-0.05, 0) is 52.7 Å². The molecule has 1 aliphatic carbocycles. The van der Waals surface area contributed by atoms with Crippen molar-refractivity contribution in [1.29, 1.82) is 0 Å². The van der Waals surface area contributed by atoms with Gasteiger partial charge in [0.2, 0.25) is 0 Å². The van der Waals surface area contributed by atoms with Gasteiger partial charge < -0.3 is 15.4 Å². The molecular formula is C24H32N4O6S2. The predicted octanol–water partition coefficient (Wildman–Crippen LogP) is 4.77. The van der Waals surface area contributed by atoms with E-state index in [9.17, 15) is 22.8 Å². The molecule has 12 heteroatoms. The fourth-order valence-corrected chi connectivity index (χ4v) is 6.12. The molecule has 0 atom stereocenters. The number of carbonyl (C=O) groups is 3. The number of rotatable bonds is 8. The maximum Gasteiger partial charge on any atom is 0.407 e. The van der Waals surface area contributed by atoms with Crippen LogP contribution < -0.4 is 16.0 Å². The summed E-state index contributed by atoms with van der Waals surface area (Å²) in [6, 6.07) is 4.63. The van der Waals surface area contributed by atoms with Crippen LogP contribution in [0.15, 0.2) is 28.6 Å². The van der Waals surface area contributed by atoms with Gasteiger partial charge in [0.25, 0.3) is 0 Å². The van der Waals surface area contributed by atoms with E-state index in [2.05, 4.69) is 20.9 Å². The lowest BCUT2D eigenvalue weighted by Gasteiger charge is -2.19. The Labute approximate surface area is 215 Å². The Kier molecular flexibility index (Phi) is 8.72. The normalized spacial score (nSPS) is 14.3. The Balaban J connectivity index is 1.59. The molecule has 2 aromatic rings. The van der Waals surface area contributed by atoms with Gasteiger partial charge in [-0.2, -0.15) is 0 Å². The summed E-state index contributed by atoms with van der Waals surface area (Å²) in [5, 5.41) is 7.71. The second-order valence-electron chi connectivity index (χ2n) is 9.71. The number of ketones is 1. The van der Waals surface area contributed by atoms with Crippen LogP contribution in [0.3, 0.4) is 0 Å². The number of hydrogen-bond acceptors (Lipinski definition) is 8. The number of alkyl carbamates (subject to hydrolysis) is 1. The highest BCUT2D eigenvalue weighted by Crippen LogP contribution is 2.31. The standard InChI is InChI=1S/C24H32N4O6S2/c1-15-9-10-18(17(13-15)20(29)16-7-5-6-8-16)27-21(30)28-22-26-14-19(35-22)36(32,33)12-11-25-23(31)34-24(2,3)4/h9-10,13-14,16H,5-8,11-12H2,1-4H3,(H,25,31)(H2,26,27,28,30). The number of aromatic nitrogens is 1. The molecule has 0 radical (unpaired) electrons. The van der Waals surface area contributed by atoms with Crippen LogP contribution >= 0.6 is 11.3 Å². The molecule has 0 saturated heterocycles. The minimum absolute atomic E-state index is 0.0223. The van der Waals surface area contributed by atoms with Crippen molar-refractivity contribution < 1.29 is 27.5 Å². The van der Waals surface area contributed by atoms with Crippen LogP contribution in [0.1, 0.15) is 62.4 Å². The summed E-state index contributed by atoms with van der Waals surface area (Å²) in [5.74, 6) is -0.364. The lowest BCUT2D eigenvalue weighted by molar-refractivity contribution is 0.0531. The van der Waals surface area contributed by atoms with Crippen molar-refractivity contribution in [2.75, 3.05) is 22.9 Å². The van der Waals surface area contributed by atoms with Gasteiger partial charge in [0.15, 0.2) is 20.8 Å². The van der Waals surface area contributed by atoms with Crippen LogP contribution in [0.2, 0.25) is 0 Å². The molecule has 1 heterocycles. The maximum atomic E-state index is 13.0. The van der Waals surface area contributed by atoms with E-state index in [0.29, 0.717) is 11.3 Å². The van der Waals surface area contributed by atoms with E-state index in [-0.39, 0.29) is 33.3 Å². The van der Waals surface area contributed by atoms with Crippen molar-refractivity contribution in [1.82, 2.24) is 10.3 Å². The minimum Gasteiger partial charge on any atom is -0.444 e. The first-order valence-corrected chi connectivity index (χ1v) is 14.2. The summed E-state index contributed by atoms with van der Waals surface area (Å²) in [6.07, 6.45) is 4.20. The first kappa shape index (κ1) is 27.6. The highest BCUT2D eigenvalue weighted by Gasteiger charge is 2.26. The van der Waals surface area contributed by atoms with Crippen LogP contribution in [0, 0.1) is 12.8 Å². The minimum atomic E-state index is -3.74. The Morgan fingerprint density at radius 3 is 2.50 bits per heavy atom. The number of Topliss-reactive ketones (excluding diaryl/α,β-unsaturated/α-hetero) is 1. The van der Waals surface area contributed by atoms with Crippen LogP contribution in [0.25, 0.3) is 0 Å². The molecule has 0 spiro atoms.